The van der Waals surface area contributed by atoms with Crippen LogP contribution < -0.4 is 24.8 Å². The summed E-state index contributed by atoms with van der Waals surface area (Å²) in [6.45, 7) is 30.0. The monoisotopic (exact) mass is 780 g/mol. The number of fused-ring (bicyclic) bond motifs is 5. The van der Waals surface area contributed by atoms with Gasteiger partial charge in [-0.2, -0.15) is 29.3 Å². The Labute approximate surface area is 331 Å². The van der Waals surface area contributed by atoms with Gasteiger partial charge in [-0.1, -0.05) is 119 Å². The summed E-state index contributed by atoms with van der Waals surface area (Å²) < 4.78 is 2.17. The molecule has 0 aliphatic heterocycles. The Morgan fingerprint density at radius 3 is 1.68 bits per heavy atom. The molecule has 3 heteroatoms. The molecule has 50 heavy (non-hydrogen) atoms. The number of rotatable bonds is 1. The number of halogens is 2. The molecule has 7 rings (SSSR count). The molecule has 0 fully saturated rings. The first-order chi connectivity index (χ1) is 22.1. The molecule has 0 unspecified atom stereocenters. The van der Waals surface area contributed by atoms with Crippen molar-refractivity contribution >= 4 is 14.9 Å². The molecule has 0 saturated heterocycles. The molecule has 0 atom stereocenters. The van der Waals surface area contributed by atoms with Crippen LogP contribution in [0.4, 0.5) is 0 Å². The Balaban J connectivity index is 0.000000293. The van der Waals surface area contributed by atoms with Crippen LogP contribution in [0.3, 0.4) is 0 Å². The Bertz CT molecular complexity index is 1780. The fourth-order valence-electron chi connectivity index (χ4n) is 7.37. The van der Waals surface area contributed by atoms with E-state index in [0.717, 1.165) is 6.42 Å². The van der Waals surface area contributed by atoms with Crippen LogP contribution in [0.25, 0.3) is 22.3 Å². The number of benzene rings is 3. The van der Waals surface area contributed by atoms with Crippen LogP contribution in [0.1, 0.15) is 135 Å². The third-order valence-corrected chi connectivity index (χ3v) is 10.9. The van der Waals surface area contributed by atoms with E-state index in [-0.39, 0.29) is 46.5 Å². The molecule has 0 nitrogen and oxygen atoms in total. The third-order valence-electron chi connectivity index (χ3n) is 10.1. The zero-order valence-electron chi connectivity index (χ0n) is 32.6. The quantitative estimate of drug-likeness (QED) is 0.169. The molecule has 0 amide bonds. The molecule has 0 heterocycles. The Morgan fingerprint density at radius 2 is 1.24 bits per heavy atom. The van der Waals surface area contributed by atoms with Gasteiger partial charge < -0.3 is 24.8 Å². The van der Waals surface area contributed by atoms with Crippen LogP contribution in [0, 0.1) is 16.9 Å². The zero-order valence-corrected chi connectivity index (χ0v) is 36.6. The predicted octanol–water partition coefficient (Wildman–Crippen LogP) is 6.60. The van der Waals surface area contributed by atoms with Gasteiger partial charge in [-0.05, 0) is 62.3 Å². The van der Waals surface area contributed by atoms with Crippen molar-refractivity contribution in [3.05, 3.63) is 136 Å². The maximum absolute atomic E-state index is 3.85. The molecule has 4 aromatic carbocycles. The second kappa shape index (κ2) is 15.1. The van der Waals surface area contributed by atoms with Gasteiger partial charge in [-0.15, -0.1) is 11.6 Å². The van der Waals surface area contributed by atoms with Gasteiger partial charge in [-0.3, -0.25) is 6.08 Å². The molecule has 0 spiro atoms. The fourth-order valence-corrected chi connectivity index (χ4v) is 7.84. The van der Waals surface area contributed by atoms with E-state index in [0.29, 0.717) is 5.41 Å². The van der Waals surface area contributed by atoms with Crippen LogP contribution in [0.15, 0.2) is 84.9 Å². The number of hydrogen-bond acceptors (Lipinski definition) is 0. The Kier molecular flexibility index (Phi) is 12.7. The molecule has 4 aromatic rings. The third kappa shape index (κ3) is 8.71. The van der Waals surface area contributed by atoms with E-state index in [9.17, 15) is 0 Å². The van der Waals surface area contributed by atoms with Crippen molar-refractivity contribution in [2.45, 2.75) is 113 Å². The van der Waals surface area contributed by atoms with Gasteiger partial charge in [0, 0.05) is 5.41 Å². The summed E-state index contributed by atoms with van der Waals surface area (Å²) in [5.41, 5.74) is 18.0. The van der Waals surface area contributed by atoms with Gasteiger partial charge in [0.25, 0.3) is 0 Å². The predicted molar refractivity (Wildman–Crippen MR) is 207 cm³/mol. The van der Waals surface area contributed by atoms with Crippen molar-refractivity contribution in [3.63, 3.8) is 0 Å². The van der Waals surface area contributed by atoms with Crippen molar-refractivity contribution < 1.29 is 49.0 Å². The molecule has 3 aliphatic rings. The topological polar surface area (TPSA) is 0 Å². The molecular weight excluding hydrogens is 727 g/mol. The number of allylic oxidation sites excluding steroid dienone is 4. The van der Waals surface area contributed by atoms with Crippen molar-refractivity contribution in [3.8, 4) is 11.1 Å². The van der Waals surface area contributed by atoms with Crippen LogP contribution in [0.2, 0.25) is 0 Å². The molecule has 3 aliphatic carbocycles. The van der Waals surface area contributed by atoms with E-state index >= 15 is 0 Å². The van der Waals surface area contributed by atoms with Crippen LogP contribution in [-0.2, 0) is 46.9 Å². The first-order valence-electron chi connectivity index (χ1n) is 17.7. The molecule has 0 saturated carbocycles. The van der Waals surface area contributed by atoms with Gasteiger partial charge in [0.2, 0.25) is 0 Å². The summed E-state index contributed by atoms with van der Waals surface area (Å²) in [6.07, 6.45) is 7.41. The van der Waals surface area contributed by atoms with Crippen molar-refractivity contribution in [2.75, 3.05) is 0 Å². The summed E-state index contributed by atoms with van der Waals surface area (Å²) in [7, 11) is 0. The van der Waals surface area contributed by atoms with Gasteiger partial charge in [0.05, 0.1) is 0 Å². The van der Waals surface area contributed by atoms with E-state index in [4.69, 9.17) is 0 Å². The normalized spacial score (nSPS) is 16.0. The van der Waals surface area contributed by atoms with Crippen molar-refractivity contribution in [1.29, 1.82) is 0 Å². The van der Waals surface area contributed by atoms with Crippen molar-refractivity contribution in [2.24, 2.45) is 10.8 Å². The van der Waals surface area contributed by atoms with E-state index in [1.165, 1.54) is 91.0 Å². The van der Waals surface area contributed by atoms with E-state index in [2.05, 4.69) is 179 Å². The average molecular weight is 783 g/mol. The molecule has 0 aromatic heterocycles. The van der Waals surface area contributed by atoms with E-state index < -0.39 is 0 Å². The Hall–Kier alpha value is -2.18. The second-order valence-electron chi connectivity index (χ2n) is 18.2. The van der Waals surface area contributed by atoms with Crippen LogP contribution >= 0.6 is 0 Å². The summed E-state index contributed by atoms with van der Waals surface area (Å²) in [6, 6.07) is 28.9. The molecular formula is C47H56Cl2Zr-2. The maximum atomic E-state index is 3.85. The zero-order chi connectivity index (χ0) is 35.4. The van der Waals surface area contributed by atoms with Gasteiger partial charge in [0.1, 0.15) is 0 Å². The minimum atomic E-state index is -0.0202. The minimum absolute atomic E-state index is 0. The summed E-state index contributed by atoms with van der Waals surface area (Å²) in [5.74, 6) is 0. The van der Waals surface area contributed by atoms with Crippen molar-refractivity contribution in [1.82, 2.24) is 0 Å². The molecule has 0 radical (unpaired) electrons. The van der Waals surface area contributed by atoms with Gasteiger partial charge in [-0.25, -0.2) is 11.6 Å². The second-order valence-corrected chi connectivity index (χ2v) is 18.9. The van der Waals surface area contributed by atoms with Crippen LogP contribution in [0.5, 0.6) is 0 Å². The first kappa shape index (κ1) is 42.2. The fraction of sp³-hybridized carbons (Fsp3) is 0.404. The SMILES string of the molecule is CC(C)(C)C1=[C-]C(C)(C)c2cc3c(cc21)-c1cc2c(cc1C3)C(C)(C)C=C2C(C)(C)C.CC(C)(C)c1cc[cH-]c1.[Cl-].[Cl-].[Zr+2]=[CH]c1ccccc1. The standard InChI is InChI=1S/C31H37.C9H13.C7H6.2ClH.Zr/c1-28(2,3)26-16-30(7,8)24-12-18-11-19-13-25-23(15-21(19)20(18)14-22(24)26)27(29(4,5)6)17-31(25,9)10;1-9(2,3)8-6-4-5-7-8;1-7-5-3-2-4-6-7;;;/h12-16H,11H2,1-10H3;4-7H,1-3H3;1-6H;2*1H;/q2*-1;;;;+2/p-2. The van der Waals surface area contributed by atoms with E-state index in [1.54, 1.807) is 0 Å². The molecule has 264 valence electrons. The first-order valence-corrected chi connectivity index (χ1v) is 19.1. The summed E-state index contributed by atoms with van der Waals surface area (Å²) in [4.78, 5) is 0. The van der Waals surface area contributed by atoms with Gasteiger partial charge >= 0.3 is 63.8 Å². The summed E-state index contributed by atoms with van der Waals surface area (Å²) >= 11 is 1.46. The Morgan fingerprint density at radius 1 is 0.680 bits per heavy atom. The van der Waals surface area contributed by atoms with E-state index in [1.807, 2.05) is 6.07 Å². The molecule has 0 N–H and O–H groups in total. The number of hydrogen-bond donors (Lipinski definition) is 0. The average Bonchev–Trinajstić information content (AvgIpc) is 3.76. The van der Waals surface area contributed by atoms with Crippen LogP contribution in [-0.4, -0.2) is 3.71 Å². The van der Waals surface area contributed by atoms with Gasteiger partial charge in [0.15, 0.2) is 0 Å². The summed E-state index contributed by atoms with van der Waals surface area (Å²) in [5, 5.41) is 0. The molecule has 0 bridgehead atoms.